The first-order chi connectivity index (χ1) is 11.2. The van der Waals surface area contributed by atoms with E-state index < -0.39 is 0 Å². The summed E-state index contributed by atoms with van der Waals surface area (Å²) in [5.41, 5.74) is 0. The number of piperidine rings is 2. The van der Waals surface area contributed by atoms with Crippen LogP contribution in [-0.2, 0) is 4.74 Å². The molecular weight excluding hydrogens is 288 g/mol. The van der Waals surface area contributed by atoms with Crippen LogP contribution >= 0.6 is 0 Å². The van der Waals surface area contributed by atoms with Gasteiger partial charge in [0.2, 0.25) is 0 Å². The Morgan fingerprint density at radius 3 is 2.04 bits per heavy atom. The topological polar surface area (TPSA) is 35.9 Å². The van der Waals surface area contributed by atoms with Crippen molar-refractivity contribution in [1.82, 2.24) is 9.80 Å². The molecule has 2 aliphatic heterocycles. The van der Waals surface area contributed by atoms with Gasteiger partial charge in [-0.2, -0.15) is 0 Å². The number of likely N-dealkylation sites (tertiary alicyclic amines) is 2. The number of methoxy groups -OCH3 is 1. The van der Waals surface area contributed by atoms with Gasteiger partial charge in [-0.1, -0.05) is 13.8 Å². The van der Waals surface area contributed by atoms with E-state index in [1.807, 2.05) is 13.8 Å². The van der Waals surface area contributed by atoms with Crippen LogP contribution in [0.5, 0.6) is 0 Å². The lowest BCUT2D eigenvalue weighted by atomic mass is 9.96. The van der Waals surface area contributed by atoms with E-state index in [1.165, 1.54) is 51.7 Å². The van der Waals surface area contributed by atoms with Crippen molar-refractivity contribution in [3.8, 4) is 0 Å². The summed E-state index contributed by atoms with van der Waals surface area (Å²) in [5.74, 6) is 0.860. The van der Waals surface area contributed by atoms with Crippen LogP contribution in [0.1, 0.15) is 58.8 Å². The molecule has 3 fully saturated rings. The number of rotatable bonds is 3. The van der Waals surface area contributed by atoms with Gasteiger partial charge in [0.1, 0.15) is 0 Å². The molecule has 0 amide bonds. The second-order valence-electron chi connectivity index (χ2n) is 7.09. The Balaban J connectivity index is 0.000000276. The van der Waals surface area contributed by atoms with E-state index in [0.29, 0.717) is 6.10 Å². The molecular formula is C19H40N2O2. The first-order valence-electron chi connectivity index (χ1n) is 9.79. The maximum atomic E-state index is 9.44. The van der Waals surface area contributed by atoms with Crippen molar-refractivity contribution < 1.29 is 9.84 Å². The molecule has 3 rings (SSSR count). The summed E-state index contributed by atoms with van der Waals surface area (Å²) in [7, 11) is 4.01. The highest BCUT2D eigenvalue weighted by atomic mass is 16.5. The monoisotopic (exact) mass is 328 g/mol. The lowest BCUT2D eigenvalue weighted by Crippen LogP contribution is -2.43. The first-order valence-corrected chi connectivity index (χ1v) is 9.79. The SMILES string of the molecule is CC.CN1CCCC(CN2CCC(O)CC2)C1.COC1CCC1. The van der Waals surface area contributed by atoms with Crippen LogP contribution in [0.3, 0.4) is 0 Å². The third kappa shape index (κ3) is 8.48. The summed E-state index contributed by atoms with van der Waals surface area (Å²) >= 11 is 0. The Morgan fingerprint density at radius 2 is 1.61 bits per heavy atom. The maximum absolute atomic E-state index is 9.44. The summed E-state index contributed by atoms with van der Waals surface area (Å²) in [6, 6.07) is 0. The lowest BCUT2D eigenvalue weighted by molar-refractivity contribution is 0.0412. The normalized spacial score (nSPS) is 27.3. The molecule has 0 aromatic rings. The van der Waals surface area contributed by atoms with Crippen molar-refractivity contribution in [3.63, 3.8) is 0 Å². The highest BCUT2D eigenvalue weighted by Crippen LogP contribution is 2.20. The Bertz CT molecular complexity index is 274. The van der Waals surface area contributed by atoms with Crippen LogP contribution in [0, 0.1) is 5.92 Å². The van der Waals surface area contributed by atoms with Crippen molar-refractivity contribution in [3.05, 3.63) is 0 Å². The molecule has 1 aliphatic carbocycles. The van der Waals surface area contributed by atoms with Crippen LogP contribution in [-0.4, -0.2) is 74.0 Å². The van der Waals surface area contributed by atoms with Crippen molar-refractivity contribution in [2.75, 3.05) is 46.9 Å². The van der Waals surface area contributed by atoms with Gasteiger partial charge in [0, 0.05) is 33.3 Å². The Morgan fingerprint density at radius 1 is 0.957 bits per heavy atom. The molecule has 4 nitrogen and oxygen atoms in total. The minimum absolute atomic E-state index is 0.0321. The molecule has 2 heterocycles. The number of ether oxygens (including phenoxy) is 1. The molecule has 0 bridgehead atoms. The van der Waals surface area contributed by atoms with E-state index >= 15 is 0 Å². The highest BCUT2D eigenvalue weighted by molar-refractivity contribution is 4.77. The fourth-order valence-corrected chi connectivity index (χ4v) is 3.50. The zero-order valence-electron chi connectivity index (χ0n) is 16.0. The summed E-state index contributed by atoms with van der Waals surface area (Å²) in [5, 5.41) is 9.44. The van der Waals surface area contributed by atoms with Crippen LogP contribution in [0.2, 0.25) is 0 Å². The quantitative estimate of drug-likeness (QED) is 0.864. The van der Waals surface area contributed by atoms with Gasteiger partial charge >= 0.3 is 0 Å². The smallest absolute Gasteiger partial charge is 0.0571 e. The van der Waals surface area contributed by atoms with Gasteiger partial charge < -0.3 is 19.6 Å². The number of aliphatic hydroxyl groups is 1. The van der Waals surface area contributed by atoms with Crippen LogP contribution in [0.25, 0.3) is 0 Å². The van der Waals surface area contributed by atoms with Gasteiger partial charge in [0.25, 0.3) is 0 Å². The maximum Gasteiger partial charge on any atom is 0.0571 e. The number of hydrogen-bond acceptors (Lipinski definition) is 4. The van der Waals surface area contributed by atoms with Crippen molar-refractivity contribution in [1.29, 1.82) is 0 Å². The summed E-state index contributed by atoms with van der Waals surface area (Å²) in [4.78, 5) is 4.99. The van der Waals surface area contributed by atoms with Crippen LogP contribution < -0.4 is 0 Å². The Labute approximate surface area is 144 Å². The van der Waals surface area contributed by atoms with Crippen LogP contribution in [0.4, 0.5) is 0 Å². The Kier molecular flexibility index (Phi) is 11.1. The molecule has 138 valence electrons. The largest absolute Gasteiger partial charge is 0.393 e. The Hall–Kier alpha value is -0.160. The van der Waals surface area contributed by atoms with Gasteiger partial charge in [-0.15, -0.1) is 0 Å². The predicted molar refractivity (Wildman–Crippen MR) is 97.9 cm³/mol. The zero-order valence-corrected chi connectivity index (χ0v) is 16.0. The van der Waals surface area contributed by atoms with E-state index in [9.17, 15) is 5.11 Å². The number of nitrogens with zero attached hydrogens (tertiary/aromatic N) is 2. The molecule has 0 aromatic heterocycles. The molecule has 1 N–H and O–H groups in total. The number of hydrogen-bond donors (Lipinski definition) is 1. The summed E-state index contributed by atoms with van der Waals surface area (Å²) in [6.07, 6.45) is 9.23. The molecule has 1 saturated carbocycles. The first kappa shape index (κ1) is 20.9. The van der Waals surface area contributed by atoms with E-state index in [4.69, 9.17) is 4.74 Å². The van der Waals surface area contributed by atoms with E-state index in [0.717, 1.165) is 31.8 Å². The fourth-order valence-electron chi connectivity index (χ4n) is 3.50. The number of aliphatic hydroxyl groups excluding tert-OH is 1. The zero-order chi connectivity index (χ0) is 17.1. The molecule has 1 atom stereocenters. The average molecular weight is 329 g/mol. The van der Waals surface area contributed by atoms with Gasteiger partial charge in [0.15, 0.2) is 0 Å². The van der Waals surface area contributed by atoms with Gasteiger partial charge in [-0.3, -0.25) is 0 Å². The molecule has 3 aliphatic rings. The molecule has 0 radical (unpaired) electrons. The third-order valence-electron chi connectivity index (χ3n) is 5.18. The second-order valence-corrected chi connectivity index (χ2v) is 7.09. The molecule has 4 heteroatoms. The van der Waals surface area contributed by atoms with Crippen molar-refractivity contribution in [2.24, 2.45) is 5.92 Å². The molecule has 2 saturated heterocycles. The molecule has 23 heavy (non-hydrogen) atoms. The highest BCUT2D eigenvalue weighted by Gasteiger charge is 2.22. The van der Waals surface area contributed by atoms with Crippen molar-refractivity contribution >= 4 is 0 Å². The van der Waals surface area contributed by atoms with Crippen molar-refractivity contribution in [2.45, 2.75) is 71.0 Å². The van der Waals surface area contributed by atoms with Gasteiger partial charge in [-0.25, -0.2) is 0 Å². The standard InChI is InChI=1S/C12H24N2O.C5H10O.C2H6/c1-13-6-2-3-11(9-13)10-14-7-4-12(15)5-8-14;1-6-5-3-2-4-5;1-2/h11-12,15H,2-10H2,1H3;5H,2-4H2,1H3;1-2H3. The lowest BCUT2D eigenvalue weighted by Gasteiger charge is -2.36. The van der Waals surface area contributed by atoms with E-state index in [2.05, 4.69) is 16.8 Å². The third-order valence-corrected chi connectivity index (χ3v) is 5.18. The fraction of sp³-hybridized carbons (Fsp3) is 1.00. The van der Waals surface area contributed by atoms with Crippen LogP contribution in [0.15, 0.2) is 0 Å². The molecule has 1 unspecified atom stereocenters. The second kappa shape index (κ2) is 12.2. The summed E-state index contributed by atoms with van der Waals surface area (Å²) in [6.45, 7) is 9.98. The molecule has 0 spiro atoms. The predicted octanol–water partition coefficient (Wildman–Crippen LogP) is 3.00. The minimum Gasteiger partial charge on any atom is -0.393 e. The molecule has 0 aromatic carbocycles. The van der Waals surface area contributed by atoms with E-state index in [1.54, 1.807) is 7.11 Å². The average Bonchev–Trinajstić information content (AvgIpc) is 2.51. The van der Waals surface area contributed by atoms with Gasteiger partial charge in [-0.05, 0) is 64.5 Å². The van der Waals surface area contributed by atoms with E-state index in [-0.39, 0.29) is 6.10 Å². The van der Waals surface area contributed by atoms with Gasteiger partial charge in [0.05, 0.1) is 12.2 Å². The minimum atomic E-state index is -0.0321. The summed E-state index contributed by atoms with van der Waals surface area (Å²) < 4.78 is 4.99.